The first-order valence-corrected chi connectivity index (χ1v) is 10.0. The lowest BCUT2D eigenvalue weighted by molar-refractivity contribution is -0.141. The van der Waals surface area contributed by atoms with E-state index in [9.17, 15) is 27.9 Å². The van der Waals surface area contributed by atoms with E-state index >= 15 is 0 Å². The number of amides is 2. The van der Waals surface area contributed by atoms with Crippen LogP contribution in [-0.4, -0.2) is 64.2 Å². The number of aromatic nitrogens is 1. The quantitative estimate of drug-likeness (QED) is 0.130. The molecule has 0 aliphatic rings. The molecular formula is C13H20N6O8S2. The van der Waals surface area contributed by atoms with Gasteiger partial charge in [0.2, 0.25) is 5.60 Å². The van der Waals surface area contributed by atoms with Crippen LogP contribution >= 0.6 is 11.3 Å². The molecule has 8 N–H and O–H groups in total. The number of oxime groups is 1. The molecule has 1 aromatic rings. The monoisotopic (exact) mass is 452 g/mol. The first-order chi connectivity index (χ1) is 13.1. The Bertz CT molecular complexity index is 925. The fourth-order valence-corrected chi connectivity index (χ4v) is 2.87. The minimum Gasteiger partial charge on any atom is -0.480 e. The van der Waals surface area contributed by atoms with Gasteiger partial charge in [-0.3, -0.25) is 14.1 Å². The van der Waals surface area contributed by atoms with E-state index in [-0.39, 0.29) is 10.8 Å². The summed E-state index contributed by atoms with van der Waals surface area (Å²) in [7, 11) is -4.74. The van der Waals surface area contributed by atoms with Crippen LogP contribution in [-0.2, 0) is 29.5 Å². The number of carbonyl (C=O) groups is 3. The summed E-state index contributed by atoms with van der Waals surface area (Å²) in [5, 5.41) is 16.3. The molecule has 1 rings (SSSR count). The molecule has 0 aliphatic heterocycles. The molecule has 2 amide bonds. The predicted octanol–water partition coefficient (Wildman–Crippen LogP) is -1.94. The van der Waals surface area contributed by atoms with E-state index in [1.165, 1.54) is 19.2 Å². The summed E-state index contributed by atoms with van der Waals surface area (Å²) in [6.07, 6.45) is 0. The van der Waals surface area contributed by atoms with Crippen molar-refractivity contribution < 1.29 is 37.3 Å². The number of nitrogens with two attached hydrogens (primary N) is 2. The lowest BCUT2D eigenvalue weighted by Gasteiger charge is -2.22. The van der Waals surface area contributed by atoms with Crippen LogP contribution in [0.4, 0.5) is 5.13 Å². The van der Waals surface area contributed by atoms with Crippen LogP contribution in [0.1, 0.15) is 26.5 Å². The van der Waals surface area contributed by atoms with Crippen molar-refractivity contribution in [1.82, 2.24) is 15.0 Å². The van der Waals surface area contributed by atoms with Gasteiger partial charge in [-0.2, -0.15) is 13.1 Å². The van der Waals surface area contributed by atoms with Crippen molar-refractivity contribution in [3.05, 3.63) is 11.1 Å². The van der Waals surface area contributed by atoms with Crippen molar-refractivity contribution in [2.24, 2.45) is 10.9 Å². The van der Waals surface area contributed by atoms with Crippen LogP contribution in [0, 0.1) is 0 Å². The van der Waals surface area contributed by atoms with Crippen LogP contribution in [0.15, 0.2) is 10.5 Å². The van der Waals surface area contributed by atoms with E-state index in [1.807, 2.05) is 5.32 Å². The molecule has 2 atom stereocenters. The number of carbonyl (C=O) groups excluding carboxylic acids is 2. The maximum atomic E-state index is 12.6. The average molecular weight is 452 g/mol. The molecule has 0 spiro atoms. The van der Waals surface area contributed by atoms with Gasteiger partial charge >= 0.3 is 16.3 Å². The number of hydrogen-bond acceptors (Lipinski definition) is 10. The fraction of sp³-hybridized carbons (Fsp3) is 0.462. The van der Waals surface area contributed by atoms with Gasteiger partial charge in [-0.15, -0.1) is 11.3 Å². The summed E-state index contributed by atoms with van der Waals surface area (Å²) in [6.45, 7) is 3.65. The summed E-state index contributed by atoms with van der Waals surface area (Å²) < 4.78 is 32.3. The molecular weight excluding hydrogens is 432 g/mol. The summed E-state index contributed by atoms with van der Waals surface area (Å²) in [5.41, 5.74) is 8.43. The van der Waals surface area contributed by atoms with E-state index in [0.29, 0.717) is 0 Å². The van der Waals surface area contributed by atoms with Crippen molar-refractivity contribution in [1.29, 1.82) is 0 Å². The zero-order valence-electron chi connectivity index (χ0n) is 15.4. The maximum Gasteiger partial charge on any atom is 0.333 e. The minimum absolute atomic E-state index is 0.0610. The summed E-state index contributed by atoms with van der Waals surface area (Å²) in [5.74, 6) is -3.64. The van der Waals surface area contributed by atoms with Crippen molar-refractivity contribution in [2.75, 3.05) is 5.73 Å². The number of hydrogen-bond donors (Lipinski definition) is 6. The Morgan fingerprint density at radius 2 is 1.97 bits per heavy atom. The number of carboxylic acids is 1. The molecule has 29 heavy (non-hydrogen) atoms. The molecule has 0 saturated heterocycles. The van der Waals surface area contributed by atoms with Gasteiger partial charge in [0, 0.05) is 5.38 Å². The van der Waals surface area contributed by atoms with Crippen molar-refractivity contribution in [2.45, 2.75) is 38.5 Å². The lowest BCUT2D eigenvalue weighted by Crippen LogP contribution is -2.55. The number of anilines is 1. The number of nitrogen functional groups attached to an aromatic ring is 1. The van der Waals surface area contributed by atoms with Gasteiger partial charge in [0.15, 0.2) is 10.8 Å². The van der Waals surface area contributed by atoms with Crippen LogP contribution in [0.2, 0.25) is 0 Å². The third kappa shape index (κ3) is 7.26. The zero-order valence-corrected chi connectivity index (χ0v) is 17.1. The third-order valence-electron chi connectivity index (χ3n) is 3.33. The normalized spacial score (nSPS) is 14.7. The van der Waals surface area contributed by atoms with E-state index in [0.717, 1.165) is 18.3 Å². The topological polar surface area (TPSA) is 236 Å². The van der Waals surface area contributed by atoms with Crippen molar-refractivity contribution in [3.8, 4) is 0 Å². The van der Waals surface area contributed by atoms with Gasteiger partial charge < -0.3 is 26.7 Å². The highest BCUT2D eigenvalue weighted by Crippen LogP contribution is 2.15. The zero-order chi connectivity index (χ0) is 22.6. The fourth-order valence-electron chi connectivity index (χ4n) is 1.72. The second kappa shape index (κ2) is 9.12. The summed E-state index contributed by atoms with van der Waals surface area (Å²) in [4.78, 5) is 44.2. The Morgan fingerprint density at radius 3 is 2.38 bits per heavy atom. The Balaban J connectivity index is 3.22. The standard InChI is InChI=1S/C13H20N6O8S2/c1-5(19-29(24,25)26)7(10(21)22)17-9(20)8(6-4-28-12(15)16-6)18-27-13(2,3)11(14)23/h4-5,7,19H,1-3H3,(H2,14,23)(H2,15,16)(H,17,20)(H,21,22)(H,24,25,26)/b18-8+/t5-,7-/m0/s1. The predicted molar refractivity (Wildman–Crippen MR) is 101 cm³/mol. The molecule has 162 valence electrons. The highest BCUT2D eigenvalue weighted by Gasteiger charge is 2.33. The number of nitrogens with zero attached hydrogens (tertiary/aromatic N) is 2. The Kier molecular flexibility index (Phi) is 7.62. The Hall–Kier alpha value is -2.82. The molecule has 14 nitrogen and oxygen atoms in total. The third-order valence-corrected chi connectivity index (χ3v) is 4.67. The average Bonchev–Trinajstić information content (AvgIpc) is 2.96. The number of thiazole rings is 1. The van der Waals surface area contributed by atoms with Crippen LogP contribution in [0.3, 0.4) is 0 Å². The van der Waals surface area contributed by atoms with E-state index in [1.54, 1.807) is 4.72 Å². The second-order valence-corrected chi connectivity index (χ2v) is 8.22. The van der Waals surface area contributed by atoms with Gasteiger partial charge in [0.25, 0.3) is 11.8 Å². The lowest BCUT2D eigenvalue weighted by atomic mass is 10.1. The highest BCUT2D eigenvalue weighted by atomic mass is 32.2. The molecule has 1 aromatic heterocycles. The van der Waals surface area contributed by atoms with Crippen LogP contribution < -0.4 is 21.5 Å². The van der Waals surface area contributed by atoms with E-state index in [2.05, 4.69) is 10.1 Å². The Morgan fingerprint density at radius 1 is 1.38 bits per heavy atom. The largest absolute Gasteiger partial charge is 0.480 e. The molecule has 0 aromatic carbocycles. The number of primary amides is 1. The first kappa shape index (κ1) is 24.2. The SMILES string of the molecule is C[C@H](NS(=O)(=O)O)[C@H](NC(=O)/C(=N/OC(C)(C)C(N)=O)c1csc(N)n1)C(=O)O. The molecule has 0 aliphatic carbocycles. The Labute approximate surface area is 169 Å². The van der Waals surface area contributed by atoms with Crippen LogP contribution in [0.5, 0.6) is 0 Å². The second-order valence-electron chi connectivity index (χ2n) is 6.15. The molecule has 0 fully saturated rings. The summed E-state index contributed by atoms with van der Waals surface area (Å²) >= 11 is 0.947. The summed E-state index contributed by atoms with van der Waals surface area (Å²) in [6, 6.07) is -3.26. The van der Waals surface area contributed by atoms with Gasteiger partial charge in [-0.05, 0) is 20.8 Å². The van der Waals surface area contributed by atoms with Crippen molar-refractivity contribution in [3.63, 3.8) is 0 Å². The molecule has 1 heterocycles. The van der Waals surface area contributed by atoms with Gasteiger partial charge in [-0.25, -0.2) is 9.78 Å². The molecule has 0 unspecified atom stereocenters. The van der Waals surface area contributed by atoms with Gasteiger partial charge in [-0.1, -0.05) is 5.16 Å². The van der Waals surface area contributed by atoms with E-state index < -0.39 is 51.5 Å². The maximum absolute atomic E-state index is 12.6. The molecule has 0 radical (unpaired) electrons. The number of rotatable bonds is 10. The number of carboxylic acid groups (broad SMARTS) is 1. The smallest absolute Gasteiger partial charge is 0.333 e. The van der Waals surface area contributed by atoms with Crippen LogP contribution in [0.25, 0.3) is 0 Å². The molecule has 0 bridgehead atoms. The van der Waals surface area contributed by atoms with Crippen molar-refractivity contribution >= 4 is 50.3 Å². The van der Waals surface area contributed by atoms with Gasteiger partial charge in [0.1, 0.15) is 11.7 Å². The first-order valence-electron chi connectivity index (χ1n) is 7.70. The molecule has 16 heteroatoms. The number of aliphatic carboxylic acids is 1. The van der Waals surface area contributed by atoms with E-state index in [4.69, 9.17) is 20.9 Å². The minimum atomic E-state index is -4.74. The highest BCUT2D eigenvalue weighted by molar-refractivity contribution is 7.83. The molecule has 0 saturated carbocycles. The van der Waals surface area contributed by atoms with Gasteiger partial charge in [0.05, 0.1) is 6.04 Å². The number of nitrogens with one attached hydrogen (secondary N) is 2.